The van der Waals surface area contributed by atoms with E-state index in [0.717, 1.165) is 22.7 Å². The number of nitrogens with zero attached hydrogens (tertiary/aromatic N) is 2. The van der Waals surface area contributed by atoms with Gasteiger partial charge in [-0.05, 0) is 37.1 Å². The Balaban J connectivity index is 2.32. The minimum atomic E-state index is -3.88. The second kappa shape index (κ2) is 7.68. The lowest BCUT2D eigenvalue weighted by Gasteiger charge is -2.18. The average molecular weight is 362 g/mol. The maximum absolute atomic E-state index is 12.9. The highest BCUT2D eigenvalue weighted by Gasteiger charge is 2.26. The number of amides is 1. The van der Waals surface area contributed by atoms with Gasteiger partial charge in [0.2, 0.25) is 15.9 Å². The van der Waals surface area contributed by atoms with Crippen LogP contribution in [0.1, 0.15) is 31.0 Å². The van der Waals surface area contributed by atoms with Gasteiger partial charge in [0.15, 0.2) is 0 Å². The summed E-state index contributed by atoms with van der Waals surface area (Å²) in [5.74, 6) is -0.340. The second-order valence-electron chi connectivity index (χ2n) is 5.99. The lowest BCUT2D eigenvalue weighted by atomic mass is 10.2. The number of aromatic amines is 1. The third-order valence-electron chi connectivity index (χ3n) is 3.86. The van der Waals surface area contributed by atoms with Crippen LogP contribution in [0.25, 0.3) is 10.9 Å². The first-order valence-corrected chi connectivity index (χ1v) is 9.50. The standard InChI is InChI=1S/C17H22N4O3S/c1-4-5-6-19-16(22)11-21(3)25(23,24)15-8-12(2)7-13-9-14(10-18)20-17(13)15/h7-9,20H,4-6,11H2,1-3H3,(H,19,22). The summed E-state index contributed by atoms with van der Waals surface area (Å²) >= 11 is 0. The number of carbonyl (C=O) groups excluding carboxylic acids is 1. The van der Waals surface area contributed by atoms with Gasteiger partial charge < -0.3 is 10.3 Å². The van der Waals surface area contributed by atoms with Gasteiger partial charge in [-0.15, -0.1) is 0 Å². The number of H-pyrrole nitrogens is 1. The zero-order valence-electron chi connectivity index (χ0n) is 14.6. The van der Waals surface area contributed by atoms with Gasteiger partial charge in [0.05, 0.1) is 12.1 Å². The van der Waals surface area contributed by atoms with Crippen LogP contribution in [0, 0.1) is 18.3 Å². The number of rotatable bonds is 7. The van der Waals surface area contributed by atoms with Crippen LogP contribution < -0.4 is 5.32 Å². The molecule has 2 aromatic rings. The maximum atomic E-state index is 12.9. The Morgan fingerprint density at radius 1 is 1.36 bits per heavy atom. The van der Waals surface area contributed by atoms with Gasteiger partial charge in [-0.1, -0.05) is 13.3 Å². The number of hydrogen-bond donors (Lipinski definition) is 2. The van der Waals surface area contributed by atoms with Gasteiger partial charge in [0.25, 0.3) is 0 Å². The number of sulfonamides is 1. The number of unbranched alkanes of at least 4 members (excludes halogenated alkanes) is 1. The van der Waals surface area contributed by atoms with Crippen LogP contribution in [0.3, 0.4) is 0 Å². The molecular formula is C17H22N4O3S. The Morgan fingerprint density at radius 2 is 2.08 bits per heavy atom. The molecule has 2 N–H and O–H groups in total. The summed E-state index contributed by atoms with van der Waals surface area (Å²) in [5.41, 5.74) is 1.42. The number of aryl methyl sites for hydroxylation is 1. The molecule has 8 heteroatoms. The van der Waals surface area contributed by atoms with E-state index in [1.807, 2.05) is 19.1 Å². The smallest absolute Gasteiger partial charge is 0.245 e. The molecule has 25 heavy (non-hydrogen) atoms. The fraction of sp³-hybridized carbons (Fsp3) is 0.412. The van der Waals surface area contributed by atoms with Crippen molar-refractivity contribution in [1.29, 1.82) is 5.26 Å². The topological polar surface area (TPSA) is 106 Å². The molecule has 0 bridgehead atoms. The van der Waals surface area contributed by atoms with E-state index in [2.05, 4.69) is 10.3 Å². The molecule has 0 aliphatic rings. The average Bonchev–Trinajstić information content (AvgIpc) is 2.96. The first-order chi connectivity index (χ1) is 11.8. The largest absolute Gasteiger partial charge is 0.355 e. The molecule has 0 fully saturated rings. The van der Waals surface area contributed by atoms with Crippen molar-refractivity contribution in [3.63, 3.8) is 0 Å². The number of fused-ring (bicyclic) bond motifs is 1. The molecule has 0 spiro atoms. The quantitative estimate of drug-likeness (QED) is 0.734. The van der Waals surface area contributed by atoms with Crippen molar-refractivity contribution in [1.82, 2.24) is 14.6 Å². The van der Waals surface area contributed by atoms with Crippen LogP contribution in [-0.4, -0.2) is 43.8 Å². The number of nitriles is 1. The third-order valence-corrected chi connectivity index (χ3v) is 5.69. The van der Waals surface area contributed by atoms with Gasteiger partial charge in [-0.3, -0.25) is 4.79 Å². The van der Waals surface area contributed by atoms with Crippen LogP contribution in [0.2, 0.25) is 0 Å². The maximum Gasteiger partial charge on any atom is 0.245 e. The highest BCUT2D eigenvalue weighted by molar-refractivity contribution is 7.89. The molecule has 0 saturated heterocycles. The van der Waals surface area contributed by atoms with Crippen LogP contribution in [-0.2, 0) is 14.8 Å². The predicted octanol–water partition coefficient (Wildman–Crippen LogP) is 1.88. The number of aromatic nitrogens is 1. The highest BCUT2D eigenvalue weighted by Crippen LogP contribution is 2.27. The molecule has 0 atom stereocenters. The van der Waals surface area contributed by atoms with Crippen LogP contribution in [0.5, 0.6) is 0 Å². The van der Waals surface area contributed by atoms with E-state index in [1.54, 1.807) is 19.1 Å². The summed E-state index contributed by atoms with van der Waals surface area (Å²) in [7, 11) is -2.50. The highest BCUT2D eigenvalue weighted by atomic mass is 32.2. The monoisotopic (exact) mass is 362 g/mol. The molecule has 0 unspecified atom stereocenters. The number of hydrogen-bond acceptors (Lipinski definition) is 4. The molecule has 2 rings (SSSR count). The molecule has 134 valence electrons. The molecule has 0 aliphatic carbocycles. The summed E-state index contributed by atoms with van der Waals surface area (Å²) in [6.45, 7) is 4.07. The summed E-state index contributed by atoms with van der Waals surface area (Å²) in [5, 5.41) is 12.4. The Labute approximate surface area is 147 Å². The van der Waals surface area contributed by atoms with Crippen molar-refractivity contribution in [2.24, 2.45) is 0 Å². The van der Waals surface area contributed by atoms with Gasteiger partial charge >= 0.3 is 0 Å². The SMILES string of the molecule is CCCCNC(=O)CN(C)S(=O)(=O)c1cc(C)cc2cc(C#N)[nH]c12. The Kier molecular flexibility index (Phi) is 5.82. The first kappa shape index (κ1) is 19.0. The number of carbonyl (C=O) groups is 1. The van der Waals surface area contributed by atoms with Crippen molar-refractivity contribution < 1.29 is 13.2 Å². The minimum absolute atomic E-state index is 0.0628. The van der Waals surface area contributed by atoms with Crippen molar-refractivity contribution in [3.8, 4) is 6.07 Å². The van der Waals surface area contributed by atoms with Crippen molar-refractivity contribution in [3.05, 3.63) is 29.5 Å². The molecule has 0 saturated carbocycles. The fourth-order valence-electron chi connectivity index (χ4n) is 2.53. The number of nitrogens with one attached hydrogen (secondary N) is 2. The van der Waals surface area contributed by atoms with Crippen LogP contribution in [0.4, 0.5) is 0 Å². The molecule has 1 heterocycles. The summed E-state index contributed by atoms with van der Waals surface area (Å²) in [4.78, 5) is 14.8. The first-order valence-electron chi connectivity index (χ1n) is 8.06. The Bertz CT molecular complexity index is 925. The van der Waals surface area contributed by atoms with Crippen LogP contribution in [0.15, 0.2) is 23.1 Å². The van der Waals surface area contributed by atoms with E-state index in [-0.39, 0.29) is 23.0 Å². The molecule has 1 aromatic heterocycles. The van der Waals surface area contributed by atoms with E-state index in [4.69, 9.17) is 5.26 Å². The summed E-state index contributed by atoms with van der Waals surface area (Å²) in [6, 6.07) is 6.94. The van der Waals surface area contributed by atoms with Gasteiger partial charge in [0, 0.05) is 19.0 Å². The fourth-order valence-corrected chi connectivity index (χ4v) is 3.92. The zero-order valence-corrected chi connectivity index (χ0v) is 15.4. The van der Waals surface area contributed by atoms with Crippen molar-refractivity contribution in [2.75, 3.05) is 20.1 Å². The van der Waals surface area contributed by atoms with E-state index in [9.17, 15) is 13.2 Å². The lowest BCUT2D eigenvalue weighted by molar-refractivity contribution is -0.121. The van der Waals surface area contributed by atoms with E-state index in [0.29, 0.717) is 17.4 Å². The van der Waals surface area contributed by atoms with Crippen molar-refractivity contribution >= 4 is 26.8 Å². The molecule has 7 nitrogen and oxygen atoms in total. The van der Waals surface area contributed by atoms with Gasteiger partial charge in [0.1, 0.15) is 16.7 Å². The molecule has 1 aromatic carbocycles. The second-order valence-corrected chi connectivity index (χ2v) is 8.00. The van der Waals surface area contributed by atoms with Gasteiger partial charge in [-0.25, -0.2) is 8.42 Å². The van der Waals surface area contributed by atoms with E-state index < -0.39 is 10.0 Å². The molecule has 1 amide bonds. The Hall–Kier alpha value is -2.37. The van der Waals surface area contributed by atoms with Crippen molar-refractivity contribution in [2.45, 2.75) is 31.6 Å². The minimum Gasteiger partial charge on any atom is -0.355 e. The van der Waals surface area contributed by atoms with E-state index >= 15 is 0 Å². The zero-order chi connectivity index (χ0) is 18.6. The summed E-state index contributed by atoms with van der Waals surface area (Å²) < 4.78 is 26.8. The lowest BCUT2D eigenvalue weighted by Crippen LogP contribution is -2.38. The number of likely N-dealkylation sites (N-methyl/N-ethyl adjacent to an activating group) is 1. The van der Waals surface area contributed by atoms with Gasteiger partial charge in [-0.2, -0.15) is 9.57 Å². The van der Waals surface area contributed by atoms with Crippen LogP contribution >= 0.6 is 0 Å². The predicted molar refractivity (Wildman–Crippen MR) is 95.5 cm³/mol. The molecular weight excluding hydrogens is 340 g/mol. The van der Waals surface area contributed by atoms with E-state index in [1.165, 1.54) is 7.05 Å². The molecule has 0 aliphatic heterocycles. The summed E-state index contributed by atoms with van der Waals surface area (Å²) in [6.07, 6.45) is 1.80. The third kappa shape index (κ3) is 4.18. The molecule has 0 radical (unpaired) electrons. The Morgan fingerprint density at radius 3 is 2.72 bits per heavy atom. The number of benzene rings is 1. The normalized spacial score (nSPS) is 11.6.